The van der Waals surface area contributed by atoms with Gasteiger partial charge in [0.05, 0.1) is 11.8 Å². The van der Waals surface area contributed by atoms with Crippen LogP contribution in [0.4, 0.5) is 5.69 Å². The Morgan fingerprint density at radius 3 is 2.40 bits per heavy atom. The molecule has 6 heteroatoms. The Morgan fingerprint density at radius 2 is 1.73 bits per heavy atom. The van der Waals surface area contributed by atoms with E-state index in [4.69, 9.17) is 11.6 Å². The van der Waals surface area contributed by atoms with Gasteiger partial charge in [0.25, 0.3) is 0 Å². The van der Waals surface area contributed by atoms with E-state index >= 15 is 0 Å². The highest BCUT2D eigenvalue weighted by molar-refractivity contribution is 6.31. The van der Waals surface area contributed by atoms with Crippen molar-refractivity contribution in [1.29, 1.82) is 0 Å². The number of nitrogens with one attached hydrogen (secondary N) is 1. The molecule has 1 aromatic carbocycles. The van der Waals surface area contributed by atoms with Crippen LogP contribution in [0.1, 0.15) is 37.7 Å². The fraction of sp³-hybridized carbons (Fsp3) is 0.542. The molecule has 0 spiro atoms. The number of hydrogen-bond donors (Lipinski definition) is 1. The molecule has 6 rings (SSSR count). The summed E-state index contributed by atoms with van der Waals surface area (Å²) in [6, 6.07) is 5.43. The smallest absolute Gasteiger partial charge is 0.233 e. The Labute approximate surface area is 181 Å². The second-order valence-corrected chi connectivity index (χ2v) is 9.74. The highest BCUT2D eigenvalue weighted by Gasteiger charge is 2.66. The van der Waals surface area contributed by atoms with Crippen LogP contribution in [0.15, 0.2) is 30.4 Å². The van der Waals surface area contributed by atoms with Gasteiger partial charge in [-0.2, -0.15) is 0 Å². The maximum absolute atomic E-state index is 12.9. The minimum absolute atomic E-state index is 0.0402. The molecule has 5 nitrogen and oxygen atoms in total. The van der Waals surface area contributed by atoms with E-state index in [2.05, 4.69) is 17.5 Å². The number of halogens is 1. The number of benzene rings is 1. The van der Waals surface area contributed by atoms with Gasteiger partial charge in [-0.3, -0.25) is 19.3 Å². The van der Waals surface area contributed by atoms with Crippen molar-refractivity contribution in [2.45, 2.75) is 39.0 Å². The van der Waals surface area contributed by atoms with Crippen molar-refractivity contribution in [3.63, 3.8) is 0 Å². The maximum atomic E-state index is 12.9. The lowest BCUT2D eigenvalue weighted by Crippen LogP contribution is -2.40. The molecule has 1 N–H and O–H groups in total. The van der Waals surface area contributed by atoms with Crippen molar-refractivity contribution in [3.05, 3.63) is 40.9 Å². The van der Waals surface area contributed by atoms with Crippen molar-refractivity contribution in [1.82, 2.24) is 4.90 Å². The third kappa shape index (κ3) is 3.27. The molecule has 6 unspecified atom stereocenters. The molecule has 2 saturated carbocycles. The SMILES string of the molecule is Cc1ccc(Cl)cc1NC(=O)CCCCCN1C(=O)C2C3C=CC(C4CC34)C2C1=O. The molecular formula is C24H27ClN2O3. The maximum Gasteiger partial charge on any atom is 0.233 e. The molecule has 1 aromatic rings. The minimum Gasteiger partial charge on any atom is -0.326 e. The molecular weight excluding hydrogens is 400 g/mol. The van der Waals surface area contributed by atoms with E-state index in [1.54, 1.807) is 12.1 Å². The summed E-state index contributed by atoms with van der Waals surface area (Å²) >= 11 is 5.99. The number of hydrogen-bond acceptors (Lipinski definition) is 3. The number of likely N-dealkylation sites (tertiary alicyclic amines) is 1. The van der Waals surface area contributed by atoms with Crippen LogP contribution in [0.3, 0.4) is 0 Å². The number of carbonyl (C=O) groups is 3. The first kappa shape index (κ1) is 19.8. The molecule has 3 fully saturated rings. The molecule has 1 aliphatic heterocycles. The van der Waals surface area contributed by atoms with Crippen LogP contribution < -0.4 is 5.32 Å². The predicted octanol–water partition coefficient (Wildman–Crippen LogP) is 4.20. The van der Waals surface area contributed by atoms with Gasteiger partial charge in [-0.1, -0.05) is 36.2 Å². The van der Waals surface area contributed by atoms with Gasteiger partial charge in [0, 0.05) is 23.7 Å². The molecule has 4 aliphatic carbocycles. The monoisotopic (exact) mass is 426 g/mol. The largest absolute Gasteiger partial charge is 0.326 e. The highest BCUT2D eigenvalue weighted by Crippen LogP contribution is 2.65. The predicted molar refractivity (Wildman–Crippen MR) is 115 cm³/mol. The van der Waals surface area contributed by atoms with Crippen molar-refractivity contribution < 1.29 is 14.4 Å². The second kappa shape index (κ2) is 7.52. The van der Waals surface area contributed by atoms with Gasteiger partial charge in [-0.15, -0.1) is 0 Å². The van der Waals surface area contributed by atoms with Crippen LogP contribution >= 0.6 is 11.6 Å². The van der Waals surface area contributed by atoms with Crippen molar-refractivity contribution in [2.75, 3.05) is 11.9 Å². The number of amides is 3. The molecule has 1 heterocycles. The Morgan fingerprint density at radius 1 is 1.07 bits per heavy atom. The number of carbonyl (C=O) groups excluding carboxylic acids is 3. The molecule has 0 radical (unpaired) electrons. The van der Waals surface area contributed by atoms with Gasteiger partial charge in [-0.25, -0.2) is 0 Å². The Kier molecular flexibility index (Phi) is 4.97. The normalized spacial score (nSPS) is 32.9. The molecule has 6 atom stereocenters. The van der Waals surface area contributed by atoms with Crippen molar-refractivity contribution in [2.24, 2.45) is 35.5 Å². The zero-order valence-corrected chi connectivity index (χ0v) is 17.9. The van der Waals surface area contributed by atoms with Crippen LogP contribution in [0.5, 0.6) is 0 Å². The van der Waals surface area contributed by atoms with E-state index in [0.29, 0.717) is 29.8 Å². The topological polar surface area (TPSA) is 66.5 Å². The fourth-order valence-corrected chi connectivity index (χ4v) is 6.09. The van der Waals surface area contributed by atoms with Gasteiger partial charge in [0.1, 0.15) is 0 Å². The van der Waals surface area contributed by atoms with E-state index in [1.807, 2.05) is 13.0 Å². The van der Waals surface area contributed by atoms with Crippen LogP contribution in [0.25, 0.3) is 0 Å². The Bertz CT molecular complexity index is 906. The van der Waals surface area contributed by atoms with Gasteiger partial charge in [-0.05, 0) is 67.6 Å². The zero-order chi connectivity index (χ0) is 21.0. The first-order valence-corrected chi connectivity index (χ1v) is 11.4. The average molecular weight is 427 g/mol. The molecule has 3 amide bonds. The minimum atomic E-state index is -0.108. The standard InChI is InChI=1S/C24H27ClN2O3/c1-13-6-7-14(25)11-19(13)26-20(28)5-3-2-4-10-27-23(29)21-15-8-9-16(18-12-17(15)18)22(21)24(27)30/h6-9,11,15-18,21-22H,2-5,10,12H2,1H3,(H,26,28). The summed E-state index contributed by atoms with van der Waals surface area (Å²) in [5, 5.41) is 3.50. The molecule has 30 heavy (non-hydrogen) atoms. The van der Waals surface area contributed by atoms with Gasteiger partial charge in [0.2, 0.25) is 17.7 Å². The first-order valence-electron chi connectivity index (χ1n) is 11.1. The quantitative estimate of drug-likeness (QED) is 0.403. The molecule has 1 saturated heterocycles. The summed E-state index contributed by atoms with van der Waals surface area (Å²) in [4.78, 5) is 39.6. The van der Waals surface area contributed by atoms with E-state index in [9.17, 15) is 14.4 Å². The van der Waals surface area contributed by atoms with Crippen LogP contribution in [0.2, 0.25) is 5.02 Å². The highest BCUT2D eigenvalue weighted by atomic mass is 35.5. The number of nitrogens with zero attached hydrogens (tertiary/aromatic N) is 1. The number of anilines is 1. The molecule has 158 valence electrons. The number of aryl methyl sites for hydroxylation is 1. The number of imide groups is 1. The zero-order valence-electron chi connectivity index (χ0n) is 17.1. The summed E-state index contributed by atoms with van der Waals surface area (Å²) in [5.41, 5.74) is 1.71. The molecule has 5 aliphatic rings. The Balaban J connectivity index is 1.08. The lowest BCUT2D eigenvalue weighted by atomic mass is 9.63. The number of rotatable bonds is 7. The summed E-state index contributed by atoms with van der Waals surface area (Å²) < 4.78 is 0. The summed E-state index contributed by atoms with van der Waals surface area (Å²) in [5.74, 6) is 1.68. The molecule has 2 bridgehead atoms. The van der Waals surface area contributed by atoms with Gasteiger partial charge < -0.3 is 5.32 Å². The lowest BCUT2D eigenvalue weighted by molar-refractivity contribution is -0.140. The van der Waals surface area contributed by atoms with E-state index in [0.717, 1.165) is 30.5 Å². The fourth-order valence-electron chi connectivity index (χ4n) is 5.91. The van der Waals surface area contributed by atoms with Gasteiger partial charge in [0.15, 0.2) is 0 Å². The van der Waals surface area contributed by atoms with E-state index < -0.39 is 0 Å². The van der Waals surface area contributed by atoms with Crippen molar-refractivity contribution >= 4 is 35.0 Å². The summed E-state index contributed by atoms with van der Waals surface area (Å²) in [7, 11) is 0. The van der Waals surface area contributed by atoms with Crippen LogP contribution in [-0.2, 0) is 14.4 Å². The van der Waals surface area contributed by atoms with Gasteiger partial charge >= 0.3 is 0 Å². The molecule has 0 aromatic heterocycles. The third-order valence-corrected chi connectivity index (χ3v) is 7.75. The third-order valence-electron chi connectivity index (χ3n) is 7.51. The Hall–Kier alpha value is -2.14. The summed E-state index contributed by atoms with van der Waals surface area (Å²) in [6.07, 6.45) is 8.29. The van der Waals surface area contributed by atoms with Crippen molar-refractivity contribution in [3.8, 4) is 0 Å². The van der Waals surface area contributed by atoms with Crippen LogP contribution in [-0.4, -0.2) is 29.2 Å². The number of allylic oxidation sites excluding steroid dienone is 2. The number of unbranched alkanes of at least 4 members (excludes halogenated alkanes) is 2. The van der Waals surface area contributed by atoms with Crippen LogP contribution in [0, 0.1) is 42.4 Å². The summed E-state index contributed by atoms with van der Waals surface area (Å²) in [6.45, 7) is 2.41. The first-order chi connectivity index (χ1) is 14.5. The lowest BCUT2D eigenvalue weighted by Gasteiger charge is -2.37. The second-order valence-electron chi connectivity index (χ2n) is 9.30. The average Bonchev–Trinajstić information content (AvgIpc) is 3.50. The van der Waals surface area contributed by atoms with E-state index in [1.165, 1.54) is 11.3 Å². The van der Waals surface area contributed by atoms with E-state index in [-0.39, 0.29) is 41.4 Å².